The van der Waals surface area contributed by atoms with E-state index in [-0.39, 0.29) is 30.8 Å². The molecule has 1 saturated carbocycles. The van der Waals surface area contributed by atoms with Gasteiger partial charge in [-0.05, 0) is 37.5 Å². The Kier molecular flexibility index (Phi) is 4.47. The van der Waals surface area contributed by atoms with E-state index >= 15 is 0 Å². The lowest BCUT2D eigenvalue weighted by Crippen LogP contribution is -2.44. The molecule has 1 aliphatic heterocycles. The largest absolute Gasteiger partial charge is 0.326 e. The van der Waals surface area contributed by atoms with Crippen LogP contribution >= 0.6 is 0 Å². The molecule has 0 bridgehead atoms. The number of anilines is 1. The summed E-state index contributed by atoms with van der Waals surface area (Å²) in [5, 5.41) is 5.67. The fourth-order valence-corrected chi connectivity index (χ4v) is 3.86. The van der Waals surface area contributed by atoms with Crippen LogP contribution in [0.25, 0.3) is 11.0 Å². The molecule has 1 aliphatic carbocycles. The van der Waals surface area contributed by atoms with E-state index < -0.39 is 5.54 Å². The van der Waals surface area contributed by atoms with Gasteiger partial charge in [-0.2, -0.15) is 0 Å². The van der Waals surface area contributed by atoms with E-state index in [1.165, 1.54) is 4.90 Å². The summed E-state index contributed by atoms with van der Waals surface area (Å²) < 4.78 is 0. The van der Waals surface area contributed by atoms with Crippen LogP contribution in [0.4, 0.5) is 10.5 Å². The summed E-state index contributed by atoms with van der Waals surface area (Å²) >= 11 is 0. The predicted octanol–water partition coefficient (Wildman–Crippen LogP) is 2.21. The zero-order valence-electron chi connectivity index (χ0n) is 14.9. The van der Waals surface area contributed by atoms with Crippen LogP contribution in [0, 0.1) is 0 Å². The number of amides is 4. The van der Waals surface area contributed by atoms with Crippen LogP contribution < -0.4 is 10.6 Å². The van der Waals surface area contributed by atoms with Crippen molar-refractivity contribution in [1.29, 1.82) is 0 Å². The van der Waals surface area contributed by atoms with Crippen LogP contribution in [-0.4, -0.2) is 44.8 Å². The molecule has 4 amide bonds. The number of rotatable bonds is 5. The highest BCUT2D eigenvalue weighted by Gasteiger charge is 2.51. The van der Waals surface area contributed by atoms with Gasteiger partial charge in [0.2, 0.25) is 5.91 Å². The Balaban J connectivity index is 1.30. The standard InChI is InChI=1S/C19H21N5O3/c25-16(22-13-5-6-14-15(12-13)21-10-9-20-14)4-3-11-24-17(26)19(23-18(24)27)7-1-2-8-19/h5-6,9-10,12H,1-4,7-8,11H2,(H,22,25)(H,23,27). The van der Waals surface area contributed by atoms with Crippen LogP contribution in [0.3, 0.4) is 0 Å². The number of fused-ring (bicyclic) bond motifs is 1. The SMILES string of the molecule is O=C(CCCN1C(=O)NC2(CCCC2)C1=O)Nc1ccc2nccnc2c1. The van der Waals surface area contributed by atoms with Crippen LogP contribution in [0.2, 0.25) is 0 Å². The summed E-state index contributed by atoms with van der Waals surface area (Å²) in [6.45, 7) is 0.253. The van der Waals surface area contributed by atoms with Gasteiger partial charge in [-0.15, -0.1) is 0 Å². The third-order valence-electron chi connectivity index (χ3n) is 5.24. The second-order valence-electron chi connectivity index (χ2n) is 7.09. The lowest BCUT2D eigenvalue weighted by Gasteiger charge is -2.19. The number of carbonyl (C=O) groups is 3. The molecular formula is C19H21N5O3. The van der Waals surface area contributed by atoms with Gasteiger partial charge < -0.3 is 10.6 Å². The topological polar surface area (TPSA) is 104 Å². The Morgan fingerprint density at radius 1 is 1.15 bits per heavy atom. The van der Waals surface area contributed by atoms with E-state index in [0.717, 1.165) is 18.4 Å². The molecule has 8 nitrogen and oxygen atoms in total. The second kappa shape index (κ2) is 6.94. The van der Waals surface area contributed by atoms with E-state index in [1.54, 1.807) is 30.6 Å². The Morgan fingerprint density at radius 3 is 2.67 bits per heavy atom. The maximum atomic E-state index is 12.6. The van der Waals surface area contributed by atoms with Crippen molar-refractivity contribution in [3.05, 3.63) is 30.6 Å². The highest BCUT2D eigenvalue weighted by atomic mass is 16.2. The summed E-state index contributed by atoms with van der Waals surface area (Å²) in [5.74, 6) is -0.306. The summed E-state index contributed by atoms with van der Waals surface area (Å²) in [7, 11) is 0. The zero-order chi connectivity index (χ0) is 18.9. The summed E-state index contributed by atoms with van der Waals surface area (Å²) in [4.78, 5) is 46.5. The molecule has 2 N–H and O–H groups in total. The molecule has 8 heteroatoms. The van der Waals surface area contributed by atoms with Crippen LogP contribution in [0.15, 0.2) is 30.6 Å². The maximum Gasteiger partial charge on any atom is 0.325 e. The average Bonchev–Trinajstić information content (AvgIpc) is 3.22. The number of hydrogen-bond donors (Lipinski definition) is 2. The smallest absolute Gasteiger partial charge is 0.325 e. The Bertz CT molecular complexity index is 907. The molecule has 1 spiro atoms. The molecular weight excluding hydrogens is 346 g/mol. The van der Waals surface area contributed by atoms with Crippen molar-refractivity contribution in [3.8, 4) is 0 Å². The third kappa shape index (κ3) is 3.34. The maximum absolute atomic E-state index is 12.6. The van der Waals surface area contributed by atoms with Gasteiger partial charge >= 0.3 is 6.03 Å². The van der Waals surface area contributed by atoms with E-state index in [9.17, 15) is 14.4 Å². The molecule has 140 valence electrons. The van der Waals surface area contributed by atoms with E-state index in [2.05, 4.69) is 20.6 Å². The second-order valence-corrected chi connectivity index (χ2v) is 7.09. The molecule has 1 aromatic carbocycles. The number of aromatic nitrogens is 2. The molecule has 0 unspecified atom stereocenters. The molecule has 4 rings (SSSR count). The quantitative estimate of drug-likeness (QED) is 0.789. The van der Waals surface area contributed by atoms with Crippen molar-refractivity contribution in [2.75, 3.05) is 11.9 Å². The number of imide groups is 1. The predicted molar refractivity (Wildman–Crippen MR) is 98.8 cm³/mol. The third-order valence-corrected chi connectivity index (χ3v) is 5.24. The lowest BCUT2D eigenvalue weighted by molar-refractivity contribution is -0.131. The lowest BCUT2D eigenvalue weighted by atomic mass is 9.98. The van der Waals surface area contributed by atoms with Gasteiger partial charge in [0.25, 0.3) is 5.91 Å². The number of benzene rings is 1. The number of urea groups is 1. The highest BCUT2D eigenvalue weighted by molar-refractivity contribution is 6.07. The minimum Gasteiger partial charge on any atom is -0.326 e. The van der Waals surface area contributed by atoms with Crippen molar-refractivity contribution in [1.82, 2.24) is 20.2 Å². The van der Waals surface area contributed by atoms with Crippen LogP contribution in [0.5, 0.6) is 0 Å². The summed E-state index contributed by atoms with van der Waals surface area (Å²) in [5.41, 5.74) is 1.42. The van der Waals surface area contributed by atoms with Crippen LogP contribution in [-0.2, 0) is 9.59 Å². The van der Waals surface area contributed by atoms with Crippen LogP contribution in [0.1, 0.15) is 38.5 Å². The molecule has 1 aromatic heterocycles. The van der Waals surface area contributed by atoms with E-state index in [4.69, 9.17) is 0 Å². The number of carbonyl (C=O) groups excluding carboxylic acids is 3. The first-order valence-electron chi connectivity index (χ1n) is 9.22. The van der Waals surface area contributed by atoms with Gasteiger partial charge in [0.15, 0.2) is 0 Å². The molecule has 1 saturated heterocycles. The number of nitrogens with one attached hydrogen (secondary N) is 2. The Hall–Kier alpha value is -3.03. The zero-order valence-corrected chi connectivity index (χ0v) is 14.9. The van der Waals surface area contributed by atoms with E-state index in [1.807, 2.05) is 0 Å². The first-order valence-corrected chi connectivity index (χ1v) is 9.22. The molecule has 0 radical (unpaired) electrons. The first kappa shape index (κ1) is 17.4. The van der Waals surface area contributed by atoms with Crippen molar-refractivity contribution in [3.63, 3.8) is 0 Å². The van der Waals surface area contributed by atoms with Crippen molar-refractivity contribution in [2.24, 2.45) is 0 Å². The van der Waals surface area contributed by atoms with Gasteiger partial charge in [-0.25, -0.2) is 4.79 Å². The summed E-state index contributed by atoms with van der Waals surface area (Å²) in [6.07, 6.45) is 7.20. The molecule has 2 aromatic rings. The molecule has 2 aliphatic rings. The molecule has 2 heterocycles. The molecule has 2 fully saturated rings. The van der Waals surface area contributed by atoms with Crippen molar-refractivity contribution in [2.45, 2.75) is 44.1 Å². The molecule has 0 atom stereocenters. The highest BCUT2D eigenvalue weighted by Crippen LogP contribution is 2.35. The first-order chi connectivity index (χ1) is 13.1. The Labute approximate surface area is 156 Å². The van der Waals surface area contributed by atoms with Gasteiger partial charge in [0, 0.05) is 31.0 Å². The van der Waals surface area contributed by atoms with Crippen molar-refractivity contribution < 1.29 is 14.4 Å². The van der Waals surface area contributed by atoms with Crippen molar-refractivity contribution >= 4 is 34.6 Å². The number of nitrogens with zero attached hydrogens (tertiary/aromatic N) is 3. The molecule has 27 heavy (non-hydrogen) atoms. The van der Waals surface area contributed by atoms with Gasteiger partial charge in [0.05, 0.1) is 11.0 Å². The average molecular weight is 367 g/mol. The fraction of sp³-hybridized carbons (Fsp3) is 0.421. The minimum atomic E-state index is -0.689. The number of hydrogen-bond acceptors (Lipinski definition) is 5. The van der Waals surface area contributed by atoms with Gasteiger partial charge in [-0.3, -0.25) is 24.5 Å². The van der Waals surface area contributed by atoms with Gasteiger partial charge in [-0.1, -0.05) is 12.8 Å². The van der Waals surface area contributed by atoms with E-state index in [0.29, 0.717) is 30.5 Å². The summed E-state index contributed by atoms with van der Waals surface area (Å²) in [6, 6.07) is 5.00. The van der Waals surface area contributed by atoms with Gasteiger partial charge in [0.1, 0.15) is 5.54 Å². The monoisotopic (exact) mass is 367 g/mol. The normalized spacial score (nSPS) is 18.3. The Morgan fingerprint density at radius 2 is 1.89 bits per heavy atom. The minimum absolute atomic E-state index is 0.140. The fourth-order valence-electron chi connectivity index (χ4n) is 3.86.